The number of fused-ring (bicyclic) bond motifs is 4. The van der Waals surface area contributed by atoms with Gasteiger partial charge in [-0.05, 0) is 62.4 Å². The van der Waals surface area contributed by atoms with Crippen molar-refractivity contribution < 1.29 is 4.42 Å². The van der Waals surface area contributed by atoms with Crippen LogP contribution in [-0.4, -0.2) is 17.9 Å². The van der Waals surface area contributed by atoms with E-state index >= 15 is 0 Å². The van der Waals surface area contributed by atoms with Gasteiger partial charge in [0.25, 0.3) is 0 Å². The van der Waals surface area contributed by atoms with Gasteiger partial charge in [0.2, 0.25) is 0 Å². The Hall–Kier alpha value is -7.17. The first kappa shape index (κ1) is 31.8. The minimum absolute atomic E-state index is 0.127. The molecule has 0 amide bonds. The number of nitrogens with one attached hydrogen (secondary N) is 1. The van der Waals surface area contributed by atoms with Crippen molar-refractivity contribution in [2.45, 2.75) is 0 Å². The Morgan fingerprint density at radius 1 is 0.491 bits per heavy atom. The van der Waals surface area contributed by atoms with Gasteiger partial charge in [-0.3, -0.25) is 5.41 Å². The number of amidine groups is 2. The van der Waals surface area contributed by atoms with Gasteiger partial charge in [-0.1, -0.05) is 170 Å². The minimum Gasteiger partial charge on any atom is -0.455 e. The third-order valence-electron chi connectivity index (χ3n) is 9.63. The minimum atomic E-state index is 0.127. The molecule has 0 aliphatic carbocycles. The molecule has 53 heavy (non-hydrogen) atoms. The fourth-order valence-electron chi connectivity index (χ4n) is 6.96. The number of furan rings is 1. The molecule has 0 radical (unpaired) electrons. The quantitative estimate of drug-likeness (QED) is 0.138. The Morgan fingerprint density at radius 3 is 1.96 bits per heavy atom. The average Bonchev–Trinajstić information content (AvgIpc) is 3.62. The molecule has 0 unspecified atom stereocenters. The number of rotatable bonds is 6. The van der Waals surface area contributed by atoms with E-state index in [4.69, 9.17) is 14.4 Å². The van der Waals surface area contributed by atoms with Crippen LogP contribution in [0.15, 0.2) is 202 Å². The Bertz CT molecular complexity index is 2830. The summed E-state index contributed by atoms with van der Waals surface area (Å²) in [6, 6.07) is 63.9. The van der Waals surface area contributed by atoms with Crippen molar-refractivity contribution in [1.29, 1.82) is 5.41 Å². The van der Waals surface area contributed by atoms with Gasteiger partial charge in [0.15, 0.2) is 11.7 Å². The topological polar surface area (TPSA) is 61.7 Å². The molecule has 0 fully saturated rings. The van der Waals surface area contributed by atoms with Crippen LogP contribution in [0.2, 0.25) is 0 Å². The van der Waals surface area contributed by atoms with Gasteiger partial charge in [-0.2, -0.15) is 0 Å². The zero-order valence-electron chi connectivity index (χ0n) is 28.8. The molecule has 0 bridgehead atoms. The van der Waals surface area contributed by atoms with E-state index in [2.05, 4.69) is 97.1 Å². The summed E-state index contributed by atoms with van der Waals surface area (Å²) in [7, 11) is 0. The normalized spacial score (nSPS) is 11.9. The van der Waals surface area contributed by atoms with Crippen molar-refractivity contribution in [3.8, 4) is 33.4 Å². The van der Waals surface area contributed by atoms with Crippen LogP contribution in [0.25, 0.3) is 66.1 Å². The lowest BCUT2D eigenvalue weighted by Crippen LogP contribution is -2.05. The Morgan fingerprint density at radius 2 is 1.13 bits per heavy atom. The van der Waals surface area contributed by atoms with E-state index in [0.717, 1.165) is 66.4 Å². The van der Waals surface area contributed by atoms with Crippen molar-refractivity contribution in [3.63, 3.8) is 0 Å². The molecular formula is C49H33N3O. The third kappa shape index (κ3) is 6.35. The maximum absolute atomic E-state index is 9.19. The van der Waals surface area contributed by atoms with Gasteiger partial charge in [0.1, 0.15) is 11.2 Å². The van der Waals surface area contributed by atoms with Crippen LogP contribution in [-0.2, 0) is 0 Å². The van der Waals surface area contributed by atoms with E-state index in [0.29, 0.717) is 11.4 Å². The maximum Gasteiger partial charge on any atom is 0.161 e. The van der Waals surface area contributed by atoms with Crippen molar-refractivity contribution in [3.05, 3.63) is 205 Å². The Kier molecular flexibility index (Phi) is 8.31. The molecule has 0 aliphatic heterocycles. The molecule has 0 atom stereocenters. The molecule has 9 aromatic rings. The maximum atomic E-state index is 9.19. The summed E-state index contributed by atoms with van der Waals surface area (Å²) in [5, 5.41) is 13.7. The first-order chi connectivity index (χ1) is 26.2. The highest BCUT2D eigenvalue weighted by Crippen LogP contribution is 2.41. The van der Waals surface area contributed by atoms with Crippen molar-refractivity contribution in [1.82, 2.24) is 0 Å². The summed E-state index contributed by atoms with van der Waals surface area (Å²) >= 11 is 0. The second-order valence-corrected chi connectivity index (χ2v) is 13.0. The molecule has 4 heteroatoms. The summed E-state index contributed by atoms with van der Waals surface area (Å²) < 4.78 is 6.61. The Balaban J connectivity index is 1.09. The van der Waals surface area contributed by atoms with Crippen LogP contribution in [0.1, 0.15) is 16.7 Å². The molecular weight excluding hydrogens is 647 g/mol. The van der Waals surface area contributed by atoms with E-state index in [1.54, 1.807) is 6.21 Å². The smallest absolute Gasteiger partial charge is 0.161 e. The van der Waals surface area contributed by atoms with Crippen LogP contribution < -0.4 is 0 Å². The van der Waals surface area contributed by atoms with Crippen molar-refractivity contribution >= 4 is 50.6 Å². The van der Waals surface area contributed by atoms with Gasteiger partial charge < -0.3 is 4.42 Å². The van der Waals surface area contributed by atoms with Gasteiger partial charge in [0, 0.05) is 33.7 Å². The van der Waals surface area contributed by atoms with Crippen LogP contribution in [0.5, 0.6) is 0 Å². The van der Waals surface area contributed by atoms with E-state index in [1.807, 2.05) is 91.0 Å². The number of aliphatic imine (C=N–C) groups is 2. The molecule has 0 saturated heterocycles. The first-order valence-corrected chi connectivity index (χ1v) is 17.6. The van der Waals surface area contributed by atoms with Crippen LogP contribution in [0, 0.1) is 5.41 Å². The lowest BCUT2D eigenvalue weighted by Gasteiger charge is -2.08. The zero-order valence-corrected chi connectivity index (χ0v) is 28.8. The predicted octanol–water partition coefficient (Wildman–Crippen LogP) is 12.6. The molecule has 9 rings (SSSR count). The fourth-order valence-corrected chi connectivity index (χ4v) is 6.96. The lowest BCUT2D eigenvalue weighted by molar-refractivity contribution is 0.670. The van der Waals surface area contributed by atoms with Crippen LogP contribution >= 0.6 is 0 Å². The monoisotopic (exact) mass is 679 g/mol. The lowest BCUT2D eigenvalue weighted by atomic mass is 9.95. The van der Waals surface area contributed by atoms with E-state index < -0.39 is 0 Å². The zero-order chi connectivity index (χ0) is 35.6. The molecule has 1 N–H and O–H groups in total. The van der Waals surface area contributed by atoms with Crippen molar-refractivity contribution in [2.24, 2.45) is 9.98 Å². The highest BCUT2D eigenvalue weighted by molar-refractivity contribution is 6.17. The fraction of sp³-hybridized carbons (Fsp3) is 0. The predicted molar refractivity (Wildman–Crippen MR) is 221 cm³/mol. The molecule has 0 aliphatic rings. The summed E-state index contributed by atoms with van der Waals surface area (Å²) in [6.45, 7) is 0. The van der Waals surface area contributed by atoms with Crippen molar-refractivity contribution in [2.75, 3.05) is 0 Å². The van der Waals surface area contributed by atoms with Crippen LogP contribution in [0.3, 0.4) is 0 Å². The van der Waals surface area contributed by atoms with Gasteiger partial charge in [-0.25, -0.2) is 9.98 Å². The second-order valence-electron chi connectivity index (χ2n) is 13.0. The van der Waals surface area contributed by atoms with Gasteiger partial charge in [-0.15, -0.1) is 0 Å². The average molecular weight is 680 g/mol. The molecule has 0 spiro atoms. The second kappa shape index (κ2) is 13.9. The molecule has 250 valence electrons. The van der Waals surface area contributed by atoms with E-state index in [1.165, 1.54) is 10.8 Å². The molecule has 1 aromatic heterocycles. The third-order valence-corrected chi connectivity index (χ3v) is 9.63. The molecule has 1 heterocycles. The summed E-state index contributed by atoms with van der Waals surface area (Å²) in [5.74, 6) is 0.593. The largest absolute Gasteiger partial charge is 0.455 e. The van der Waals surface area contributed by atoms with Gasteiger partial charge in [0.05, 0.1) is 0 Å². The molecule has 0 saturated carbocycles. The molecule has 8 aromatic carbocycles. The Labute approximate surface area is 307 Å². The number of hydrogen-bond acceptors (Lipinski definition) is 2. The highest BCUT2D eigenvalue weighted by Gasteiger charge is 2.17. The van der Waals surface area contributed by atoms with Gasteiger partial charge >= 0.3 is 0 Å². The summed E-state index contributed by atoms with van der Waals surface area (Å²) in [4.78, 5) is 9.62. The standard InChI is InChI=1S/C49H33N3O/c50-48(52-49(51-32-33-12-3-1-4-13-33)37-27-24-36(25-28-37)34-14-5-2-6-15-34)41-19-9-18-39(31-41)42-20-11-23-45-46(42)44-22-10-21-43(47(44)53-45)40-29-26-35-16-7-8-17-38(35)30-40/h1-32,50H. The van der Waals surface area contributed by atoms with E-state index in [-0.39, 0.29) is 5.84 Å². The number of para-hydroxylation sites is 1. The summed E-state index contributed by atoms with van der Waals surface area (Å²) in [6.07, 6.45) is 1.80. The van der Waals surface area contributed by atoms with Crippen LogP contribution in [0.4, 0.5) is 0 Å². The highest BCUT2D eigenvalue weighted by atomic mass is 16.3. The number of benzene rings is 8. The SMILES string of the molecule is N=C(N=C(N=Cc1ccccc1)c1ccc(-c2ccccc2)cc1)c1cccc(-c2cccc3oc4c(-c5ccc6ccccc6c5)cccc4c23)c1. The number of hydrogen-bond donors (Lipinski definition) is 1. The first-order valence-electron chi connectivity index (χ1n) is 17.6. The summed E-state index contributed by atoms with van der Waals surface area (Å²) in [5.41, 5.74) is 10.6. The van der Waals surface area contributed by atoms with E-state index in [9.17, 15) is 5.41 Å². The number of nitrogens with zero attached hydrogens (tertiary/aromatic N) is 2. The molecule has 4 nitrogen and oxygen atoms in total.